The molecular weight excluding hydrogens is 414 g/mol. The Bertz CT molecular complexity index is 1280. The first kappa shape index (κ1) is 22.3. The van der Waals surface area contributed by atoms with E-state index in [4.69, 9.17) is 4.74 Å². The highest BCUT2D eigenvalue weighted by molar-refractivity contribution is 5.95. The molecule has 4 aromatic rings. The number of carbonyl (C=O) groups excluding carboxylic acids is 1. The molecule has 1 amide bonds. The van der Waals surface area contributed by atoms with Gasteiger partial charge in [0.2, 0.25) is 0 Å². The third kappa shape index (κ3) is 5.47. The van der Waals surface area contributed by atoms with E-state index >= 15 is 0 Å². The number of nitrogens with zero attached hydrogens (tertiary/aromatic N) is 2. The lowest BCUT2D eigenvalue weighted by atomic mass is 10.0. The molecule has 168 valence electrons. The standard InChI is InChI=1S/C27H27N3O3/c1-2-16-30-25-17-22(33-19-26(31)29-15-13-21-10-6-7-14-28-21)11-12-23(25)24(18-27(30)32)20-8-4-3-5-9-20/h3-12,14,17-18H,2,13,15-16,19H2,1H3,(H,29,31). The third-order valence-corrected chi connectivity index (χ3v) is 5.42. The summed E-state index contributed by atoms with van der Waals surface area (Å²) < 4.78 is 7.52. The summed E-state index contributed by atoms with van der Waals surface area (Å²) in [6.07, 6.45) is 3.24. The largest absolute Gasteiger partial charge is 0.484 e. The zero-order valence-corrected chi connectivity index (χ0v) is 18.7. The topological polar surface area (TPSA) is 73.2 Å². The summed E-state index contributed by atoms with van der Waals surface area (Å²) in [5.41, 5.74) is 3.56. The maximum atomic E-state index is 12.9. The molecule has 0 aliphatic carbocycles. The van der Waals surface area contributed by atoms with Crippen LogP contribution in [0.4, 0.5) is 0 Å². The van der Waals surface area contributed by atoms with Crippen molar-refractivity contribution in [3.05, 3.63) is 95.0 Å². The summed E-state index contributed by atoms with van der Waals surface area (Å²) in [7, 11) is 0. The van der Waals surface area contributed by atoms with Crippen LogP contribution in [0.2, 0.25) is 0 Å². The molecule has 0 unspecified atom stereocenters. The van der Waals surface area contributed by atoms with Gasteiger partial charge in [0.15, 0.2) is 6.61 Å². The molecule has 33 heavy (non-hydrogen) atoms. The average Bonchev–Trinajstić information content (AvgIpc) is 2.85. The smallest absolute Gasteiger partial charge is 0.257 e. The van der Waals surface area contributed by atoms with E-state index in [-0.39, 0.29) is 18.1 Å². The van der Waals surface area contributed by atoms with Crippen molar-refractivity contribution in [1.29, 1.82) is 0 Å². The Hall–Kier alpha value is -3.93. The zero-order chi connectivity index (χ0) is 23.0. The Kier molecular flexibility index (Phi) is 7.15. The SMILES string of the molecule is CCCn1c(=O)cc(-c2ccccc2)c2ccc(OCC(=O)NCCc3ccccn3)cc21. The highest BCUT2D eigenvalue weighted by Crippen LogP contribution is 2.29. The fraction of sp³-hybridized carbons (Fsp3) is 0.222. The van der Waals surface area contributed by atoms with Crippen LogP contribution >= 0.6 is 0 Å². The first-order chi connectivity index (χ1) is 16.2. The van der Waals surface area contributed by atoms with Crippen molar-refractivity contribution in [2.75, 3.05) is 13.2 Å². The van der Waals surface area contributed by atoms with Gasteiger partial charge < -0.3 is 14.6 Å². The van der Waals surface area contributed by atoms with Crippen molar-refractivity contribution in [3.8, 4) is 16.9 Å². The second-order valence-corrected chi connectivity index (χ2v) is 7.80. The number of carbonyl (C=O) groups is 1. The van der Waals surface area contributed by atoms with Gasteiger partial charge >= 0.3 is 0 Å². The summed E-state index contributed by atoms with van der Waals surface area (Å²) in [4.78, 5) is 29.4. The van der Waals surface area contributed by atoms with Gasteiger partial charge in [-0.05, 0) is 41.8 Å². The summed E-state index contributed by atoms with van der Waals surface area (Å²) in [5, 5.41) is 3.82. The van der Waals surface area contributed by atoms with Gasteiger partial charge in [0, 0.05) is 48.9 Å². The molecule has 6 heteroatoms. The molecule has 0 atom stereocenters. The van der Waals surface area contributed by atoms with E-state index in [1.54, 1.807) is 16.8 Å². The van der Waals surface area contributed by atoms with Crippen molar-refractivity contribution < 1.29 is 9.53 Å². The fourth-order valence-corrected chi connectivity index (χ4v) is 3.84. The minimum atomic E-state index is -0.199. The van der Waals surface area contributed by atoms with E-state index < -0.39 is 0 Å². The highest BCUT2D eigenvalue weighted by atomic mass is 16.5. The maximum Gasteiger partial charge on any atom is 0.257 e. The third-order valence-electron chi connectivity index (χ3n) is 5.42. The first-order valence-electron chi connectivity index (χ1n) is 11.2. The van der Waals surface area contributed by atoms with E-state index in [0.29, 0.717) is 25.3 Å². The second kappa shape index (κ2) is 10.6. The Morgan fingerprint density at radius 1 is 1.03 bits per heavy atom. The van der Waals surface area contributed by atoms with Crippen LogP contribution in [0, 0.1) is 0 Å². The molecule has 2 heterocycles. The normalized spacial score (nSPS) is 10.8. The minimum Gasteiger partial charge on any atom is -0.484 e. The molecule has 0 aliphatic heterocycles. The van der Waals surface area contributed by atoms with E-state index in [9.17, 15) is 9.59 Å². The number of fused-ring (bicyclic) bond motifs is 1. The lowest BCUT2D eigenvalue weighted by Crippen LogP contribution is -2.30. The molecular formula is C27H27N3O3. The van der Waals surface area contributed by atoms with Crippen molar-refractivity contribution in [3.63, 3.8) is 0 Å². The van der Waals surface area contributed by atoms with Gasteiger partial charge in [0.25, 0.3) is 11.5 Å². The molecule has 0 bridgehead atoms. The summed E-state index contributed by atoms with van der Waals surface area (Å²) in [6, 6.07) is 22.9. The zero-order valence-electron chi connectivity index (χ0n) is 18.7. The molecule has 0 radical (unpaired) electrons. The Morgan fingerprint density at radius 3 is 2.61 bits per heavy atom. The number of benzene rings is 2. The molecule has 0 fully saturated rings. The molecule has 2 aromatic carbocycles. The number of hydrogen-bond donors (Lipinski definition) is 1. The van der Waals surface area contributed by atoms with Crippen LogP contribution in [0.5, 0.6) is 5.75 Å². The highest BCUT2D eigenvalue weighted by Gasteiger charge is 2.12. The van der Waals surface area contributed by atoms with Crippen molar-refractivity contribution in [1.82, 2.24) is 14.9 Å². The quantitative estimate of drug-likeness (QED) is 0.422. The molecule has 6 nitrogen and oxygen atoms in total. The summed E-state index contributed by atoms with van der Waals surface area (Å²) in [6.45, 7) is 3.05. The molecule has 4 rings (SSSR count). The van der Waals surface area contributed by atoms with Gasteiger partial charge in [0.05, 0.1) is 5.52 Å². The summed E-state index contributed by atoms with van der Waals surface area (Å²) >= 11 is 0. The van der Waals surface area contributed by atoms with Crippen LogP contribution in [-0.4, -0.2) is 28.6 Å². The Labute approximate surface area is 192 Å². The summed E-state index contributed by atoms with van der Waals surface area (Å²) in [5.74, 6) is 0.354. The molecule has 0 aliphatic rings. The fourth-order valence-electron chi connectivity index (χ4n) is 3.84. The van der Waals surface area contributed by atoms with Gasteiger partial charge in [-0.15, -0.1) is 0 Å². The van der Waals surface area contributed by atoms with Gasteiger partial charge in [-0.1, -0.05) is 43.3 Å². The van der Waals surface area contributed by atoms with Crippen LogP contribution in [0.3, 0.4) is 0 Å². The Balaban J connectivity index is 1.51. The van der Waals surface area contributed by atoms with Crippen LogP contribution in [0.1, 0.15) is 19.0 Å². The number of pyridine rings is 2. The number of ether oxygens (including phenoxy) is 1. The van der Waals surface area contributed by atoms with Crippen LogP contribution in [0.25, 0.3) is 22.0 Å². The van der Waals surface area contributed by atoms with Crippen LogP contribution < -0.4 is 15.6 Å². The molecule has 0 saturated carbocycles. The first-order valence-corrected chi connectivity index (χ1v) is 11.2. The van der Waals surface area contributed by atoms with E-state index in [0.717, 1.165) is 34.1 Å². The monoisotopic (exact) mass is 441 g/mol. The second-order valence-electron chi connectivity index (χ2n) is 7.80. The van der Waals surface area contributed by atoms with Crippen molar-refractivity contribution in [2.24, 2.45) is 0 Å². The van der Waals surface area contributed by atoms with Crippen LogP contribution in [0.15, 0.2) is 83.8 Å². The van der Waals surface area contributed by atoms with E-state index in [1.807, 2.05) is 73.7 Å². The van der Waals surface area contributed by atoms with Crippen LogP contribution in [-0.2, 0) is 17.8 Å². The van der Waals surface area contributed by atoms with Crippen molar-refractivity contribution >= 4 is 16.8 Å². The predicted octanol–water partition coefficient (Wildman–Crippen LogP) is 4.21. The lowest BCUT2D eigenvalue weighted by Gasteiger charge is -2.15. The number of rotatable bonds is 9. The number of aromatic nitrogens is 2. The average molecular weight is 442 g/mol. The Morgan fingerprint density at radius 2 is 1.85 bits per heavy atom. The molecule has 2 aromatic heterocycles. The van der Waals surface area contributed by atoms with Crippen molar-refractivity contribution in [2.45, 2.75) is 26.3 Å². The number of nitrogens with one attached hydrogen (secondary N) is 1. The van der Waals surface area contributed by atoms with E-state index in [2.05, 4.69) is 10.3 Å². The molecule has 0 spiro atoms. The van der Waals surface area contributed by atoms with E-state index in [1.165, 1.54) is 0 Å². The number of hydrogen-bond acceptors (Lipinski definition) is 4. The van der Waals surface area contributed by atoms with Gasteiger partial charge in [-0.2, -0.15) is 0 Å². The number of aryl methyl sites for hydroxylation is 1. The maximum absolute atomic E-state index is 12.9. The van der Waals surface area contributed by atoms with Gasteiger partial charge in [-0.3, -0.25) is 14.6 Å². The van der Waals surface area contributed by atoms with Gasteiger partial charge in [0.1, 0.15) is 5.75 Å². The molecule has 0 saturated heterocycles. The van der Waals surface area contributed by atoms with Gasteiger partial charge in [-0.25, -0.2) is 0 Å². The lowest BCUT2D eigenvalue weighted by molar-refractivity contribution is -0.123. The minimum absolute atomic E-state index is 0.0485. The predicted molar refractivity (Wildman–Crippen MR) is 130 cm³/mol. The molecule has 1 N–H and O–H groups in total. The number of amides is 1.